The highest BCUT2D eigenvalue weighted by Gasteiger charge is 2.34. The molecule has 1 aliphatic heterocycles. The van der Waals surface area contributed by atoms with Gasteiger partial charge in [-0.05, 0) is 35.8 Å². The van der Waals surface area contributed by atoms with Crippen LogP contribution in [0.15, 0.2) is 36.4 Å². The Morgan fingerprint density at radius 3 is 2.28 bits per heavy atom. The smallest absolute Gasteiger partial charge is 0.126 e. The number of fused-ring (bicyclic) bond motifs is 1. The molecule has 2 aliphatic rings. The average molecular weight is 383 g/mol. The van der Waals surface area contributed by atoms with Crippen LogP contribution in [0.25, 0.3) is 10.8 Å². The van der Waals surface area contributed by atoms with Gasteiger partial charge in [-0.2, -0.15) is 0 Å². The molecule has 1 aliphatic carbocycles. The number of ether oxygens (including phenoxy) is 1. The third kappa shape index (κ3) is 3.90. The van der Waals surface area contributed by atoms with Gasteiger partial charge in [0, 0.05) is 37.6 Å². The molecule has 2 fully saturated rings. The van der Waals surface area contributed by atoms with Crippen LogP contribution in [-0.4, -0.2) is 38.2 Å². The second kappa shape index (κ2) is 9.09. The standard InChI is InChI=1S/C20H26N2O.2ClH/c1-23-19-10-9-18(16-7-2-3-8-17(16)19)20(15-5-4-6-15)22-13-11-21-12-14-22;;/h2-3,7-10,15,20-21H,4-6,11-14H2,1H3;2*1H/t20-;;/m0../s1. The predicted molar refractivity (Wildman–Crippen MR) is 110 cm³/mol. The minimum Gasteiger partial charge on any atom is -0.496 e. The van der Waals surface area contributed by atoms with Crippen LogP contribution in [0.4, 0.5) is 0 Å². The molecule has 4 rings (SSSR count). The number of methoxy groups -OCH3 is 1. The molecule has 1 heterocycles. The fourth-order valence-corrected chi connectivity index (χ4v) is 4.20. The Balaban J connectivity index is 0.00000113. The summed E-state index contributed by atoms with van der Waals surface area (Å²) in [7, 11) is 1.77. The fourth-order valence-electron chi connectivity index (χ4n) is 4.20. The van der Waals surface area contributed by atoms with E-state index < -0.39 is 0 Å². The maximum Gasteiger partial charge on any atom is 0.126 e. The number of benzene rings is 2. The molecule has 0 amide bonds. The fraction of sp³-hybridized carbons (Fsp3) is 0.500. The molecule has 1 saturated carbocycles. The summed E-state index contributed by atoms with van der Waals surface area (Å²) >= 11 is 0. The van der Waals surface area contributed by atoms with Crippen molar-refractivity contribution in [1.29, 1.82) is 0 Å². The molecule has 1 saturated heterocycles. The average Bonchev–Trinajstić information content (AvgIpc) is 2.58. The van der Waals surface area contributed by atoms with E-state index in [1.165, 1.54) is 35.6 Å². The highest BCUT2D eigenvalue weighted by atomic mass is 35.5. The Bertz CT molecular complexity index is 684. The molecule has 1 atom stereocenters. The largest absolute Gasteiger partial charge is 0.496 e. The first-order chi connectivity index (χ1) is 11.4. The first kappa shape index (κ1) is 20.3. The van der Waals surface area contributed by atoms with E-state index >= 15 is 0 Å². The van der Waals surface area contributed by atoms with Crippen LogP contribution in [-0.2, 0) is 0 Å². The predicted octanol–water partition coefficient (Wildman–Crippen LogP) is 4.44. The van der Waals surface area contributed by atoms with Gasteiger partial charge in [0.2, 0.25) is 0 Å². The van der Waals surface area contributed by atoms with E-state index in [1.54, 1.807) is 7.11 Å². The van der Waals surface area contributed by atoms with Gasteiger partial charge in [0.05, 0.1) is 7.11 Å². The zero-order valence-electron chi connectivity index (χ0n) is 14.7. The van der Waals surface area contributed by atoms with E-state index in [2.05, 4.69) is 46.6 Å². The molecule has 3 nitrogen and oxygen atoms in total. The molecule has 0 aromatic heterocycles. The third-order valence-electron chi connectivity index (χ3n) is 5.60. The van der Waals surface area contributed by atoms with Gasteiger partial charge in [0.1, 0.15) is 5.75 Å². The molecule has 0 spiro atoms. The van der Waals surface area contributed by atoms with Gasteiger partial charge in [-0.1, -0.05) is 36.8 Å². The summed E-state index contributed by atoms with van der Waals surface area (Å²) in [6, 6.07) is 13.7. The zero-order valence-corrected chi connectivity index (χ0v) is 16.4. The van der Waals surface area contributed by atoms with E-state index in [4.69, 9.17) is 4.74 Å². The van der Waals surface area contributed by atoms with Crippen LogP contribution in [0.3, 0.4) is 0 Å². The molecular weight excluding hydrogens is 355 g/mol. The minimum atomic E-state index is 0. The normalized spacial score (nSPS) is 19.4. The third-order valence-corrected chi connectivity index (χ3v) is 5.60. The van der Waals surface area contributed by atoms with Crippen LogP contribution in [0.5, 0.6) is 5.75 Å². The Morgan fingerprint density at radius 2 is 1.68 bits per heavy atom. The molecule has 0 bridgehead atoms. The lowest BCUT2D eigenvalue weighted by molar-refractivity contribution is 0.0846. The summed E-state index contributed by atoms with van der Waals surface area (Å²) in [5.74, 6) is 1.79. The number of piperazine rings is 1. The highest BCUT2D eigenvalue weighted by molar-refractivity contribution is 5.91. The summed E-state index contributed by atoms with van der Waals surface area (Å²) in [6.07, 6.45) is 4.13. The van der Waals surface area contributed by atoms with Gasteiger partial charge in [0.15, 0.2) is 0 Å². The minimum absolute atomic E-state index is 0. The van der Waals surface area contributed by atoms with Crippen LogP contribution in [0.1, 0.15) is 30.9 Å². The van der Waals surface area contributed by atoms with Crippen LogP contribution < -0.4 is 10.1 Å². The number of rotatable bonds is 4. The quantitative estimate of drug-likeness (QED) is 0.845. The summed E-state index contributed by atoms with van der Waals surface area (Å²) in [5.41, 5.74) is 1.49. The number of hydrogen-bond acceptors (Lipinski definition) is 3. The Hall–Kier alpha value is -1.000. The van der Waals surface area contributed by atoms with Crippen molar-refractivity contribution in [2.45, 2.75) is 25.3 Å². The molecule has 2 aromatic rings. The Kier molecular flexibility index (Phi) is 7.38. The summed E-state index contributed by atoms with van der Waals surface area (Å²) in [4.78, 5) is 2.70. The molecule has 2 aromatic carbocycles. The van der Waals surface area contributed by atoms with Gasteiger partial charge in [0.25, 0.3) is 0 Å². The van der Waals surface area contributed by atoms with Gasteiger partial charge >= 0.3 is 0 Å². The maximum atomic E-state index is 5.58. The SMILES string of the molecule is COc1ccc([C@H](C2CCC2)N2CCNCC2)c2ccccc12.Cl.Cl. The number of nitrogens with zero attached hydrogens (tertiary/aromatic N) is 1. The van der Waals surface area contributed by atoms with Crippen molar-refractivity contribution < 1.29 is 4.74 Å². The molecule has 5 heteroatoms. The van der Waals surface area contributed by atoms with Crippen LogP contribution in [0.2, 0.25) is 0 Å². The van der Waals surface area contributed by atoms with Crippen molar-refractivity contribution in [1.82, 2.24) is 10.2 Å². The molecule has 138 valence electrons. The lowest BCUT2D eigenvalue weighted by Crippen LogP contribution is -2.47. The number of halogens is 2. The maximum absolute atomic E-state index is 5.58. The lowest BCUT2D eigenvalue weighted by Gasteiger charge is -2.43. The Morgan fingerprint density at radius 1 is 1.00 bits per heavy atom. The van der Waals surface area contributed by atoms with Gasteiger partial charge in [-0.15, -0.1) is 24.8 Å². The van der Waals surface area contributed by atoms with E-state index in [-0.39, 0.29) is 24.8 Å². The second-order valence-electron chi connectivity index (χ2n) is 6.82. The van der Waals surface area contributed by atoms with Crippen molar-refractivity contribution in [2.24, 2.45) is 5.92 Å². The molecule has 0 radical (unpaired) electrons. The van der Waals surface area contributed by atoms with E-state index in [9.17, 15) is 0 Å². The second-order valence-corrected chi connectivity index (χ2v) is 6.82. The highest BCUT2D eigenvalue weighted by Crippen LogP contribution is 2.44. The van der Waals surface area contributed by atoms with Gasteiger partial charge in [-0.25, -0.2) is 0 Å². The van der Waals surface area contributed by atoms with E-state index in [0.29, 0.717) is 6.04 Å². The van der Waals surface area contributed by atoms with Crippen molar-refractivity contribution in [2.75, 3.05) is 33.3 Å². The summed E-state index contributed by atoms with van der Waals surface area (Å²) in [5, 5.41) is 6.10. The topological polar surface area (TPSA) is 24.5 Å². The van der Waals surface area contributed by atoms with Crippen LogP contribution >= 0.6 is 24.8 Å². The van der Waals surface area contributed by atoms with Gasteiger partial charge in [-0.3, -0.25) is 4.90 Å². The van der Waals surface area contributed by atoms with Crippen molar-refractivity contribution in [3.63, 3.8) is 0 Å². The zero-order chi connectivity index (χ0) is 15.6. The first-order valence-corrected chi connectivity index (χ1v) is 8.89. The van der Waals surface area contributed by atoms with Crippen molar-refractivity contribution >= 4 is 35.6 Å². The molecular formula is C20H28Cl2N2O. The Labute approximate surface area is 162 Å². The van der Waals surface area contributed by atoms with Crippen molar-refractivity contribution in [3.05, 3.63) is 42.0 Å². The molecule has 25 heavy (non-hydrogen) atoms. The van der Waals surface area contributed by atoms with Crippen molar-refractivity contribution in [3.8, 4) is 5.75 Å². The number of hydrogen-bond donors (Lipinski definition) is 1. The summed E-state index contributed by atoms with van der Waals surface area (Å²) in [6.45, 7) is 4.53. The molecule has 1 N–H and O–H groups in total. The monoisotopic (exact) mass is 382 g/mol. The van der Waals surface area contributed by atoms with E-state index in [1.807, 2.05) is 0 Å². The van der Waals surface area contributed by atoms with Crippen LogP contribution in [0, 0.1) is 5.92 Å². The lowest BCUT2D eigenvalue weighted by atomic mass is 9.75. The molecule has 0 unspecified atom stereocenters. The first-order valence-electron chi connectivity index (χ1n) is 8.89. The van der Waals surface area contributed by atoms with E-state index in [0.717, 1.165) is 37.8 Å². The van der Waals surface area contributed by atoms with Gasteiger partial charge < -0.3 is 10.1 Å². The number of nitrogens with one attached hydrogen (secondary N) is 1. The summed E-state index contributed by atoms with van der Waals surface area (Å²) < 4.78 is 5.58.